The van der Waals surface area contributed by atoms with Gasteiger partial charge in [-0.2, -0.15) is 0 Å². The minimum Gasteiger partial charge on any atom is -0.480 e. The van der Waals surface area contributed by atoms with Crippen LogP contribution in [0.5, 0.6) is 5.88 Å². The summed E-state index contributed by atoms with van der Waals surface area (Å²) in [6.07, 6.45) is 1.01. The molecule has 1 unspecified atom stereocenters. The molecule has 0 saturated carbocycles. The van der Waals surface area contributed by atoms with Crippen molar-refractivity contribution in [2.24, 2.45) is 5.41 Å². The Labute approximate surface area is 117 Å². The highest BCUT2D eigenvalue weighted by Gasteiger charge is 2.25. The summed E-state index contributed by atoms with van der Waals surface area (Å²) in [5.41, 5.74) is -0.00607. The van der Waals surface area contributed by atoms with E-state index in [-0.39, 0.29) is 17.1 Å². The van der Waals surface area contributed by atoms with Gasteiger partial charge in [-0.05, 0) is 23.4 Å². The minimum atomic E-state index is -1.07. The number of amides is 1. The first-order valence-corrected chi connectivity index (χ1v) is 6.27. The highest BCUT2D eigenvalue weighted by Crippen LogP contribution is 2.22. The number of carbonyl (C=O) groups excluding carboxylic acids is 1. The van der Waals surface area contributed by atoms with Crippen molar-refractivity contribution in [2.75, 3.05) is 7.11 Å². The Morgan fingerprint density at radius 2 is 2.15 bits per heavy atom. The lowest BCUT2D eigenvalue weighted by molar-refractivity contribution is -0.139. The normalized spacial score (nSPS) is 12.8. The number of hydrogen-bond acceptors (Lipinski definition) is 5. The summed E-state index contributed by atoms with van der Waals surface area (Å²) >= 11 is 0. The zero-order valence-electron chi connectivity index (χ0n) is 12.1. The molecular formula is C13H20N2O5. The number of aliphatic carboxylic acids is 1. The van der Waals surface area contributed by atoms with Crippen LogP contribution >= 0.6 is 0 Å². The maximum Gasteiger partial charge on any atom is 0.326 e. The van der Waals surface area contributed by atoms with Gasteiger partial charge in [-0.25, -0.2) is 4.79 Å². The summed E-state index contributed by atoms with van der Waals surface area (Å²) in [5.74, 6) is -1.61. The van der Waals surface area contributed by atoms with Gasteiger partial charge in [-0.3, -0.25) is 4.79 Å². The van der Waals surface area contributed by atoms with Crippen LogP contribution in [-0.2, 0) is 4.79 Å². The standard InChI is InChI=1S/C13H20N2O5/c1-13(2,3)6-5-8(12(17)18)14-11(16)9-7-10(19-4)15-20-9/h7-8H,5-6H2,1-4H3,(H,14,16)(H,17,18). The first-order chi connectivity index (χ1) is 9.23. The van der Waals surface area contributed by atoms with Gasteiger partial charge >= 0.3 is 5.97 Å². The molecule has 0 saturated heterocycles. The molecule has 1 aromatic heterocycles. The number of nitrogens with one attached hydrogen (secondary N) is 1. The average Bonchev–Trinajstić information content (AvgIpc) is 2.81. The van der Waals surface area contributed by atoms with E-state index < -0.39 is 17.9 Å². The van der Waals surface area contributed by atoms with Gasteiger partial charge < -0.3 is 19.7 Å². The number of rotatable bonds is 6. The molecule has 112 valence electrons. The predicted molar refractivity (Wildman–Crippen MR) is 70.6 cm³/mol. The van der Waals surface area contributed by atoms with E-state index in [1.807, 2.05) is 20.8 Å². The van der Waals surface area contributed by atoms with Crippen molar-refractivity contribution in [1.29, 1.82) is 0 Å². The van der Waals surface area contributed by atoms with Crippen LogP contribution in [0.4, 0.5) is 0 Å². The molecule has 7 nitrogen and oxygen atoms in total. The number of methoxy groups -OCH3 is 1. The van der Waals surface area contributed by atoms with Crippen molar-refractivity contribution in [3.8, 4) is 5.88 Å². The zero-order chi connectivity index (χ0) is 15.3. The molecule has 0 radical (unpaired) electrons. The highest BCUT2D eigenvalue weighted by molar-refractivity contribution is 5.94. The van der Waals surface area contributed by atoms with Gasteiger partial charge in [0.25, 0.3) is 11.8 Å². The Hall–Kier alpha value is -2.05. The molecule has 0 fully saturated rings. The number of hydrogen-bond donors (Lipinski definition) is 2. The second-order valence-corrected chi connectivity index (χ2v) is 5.70. The fraction of sp³-hybridized carbons (Fsp3) is 0.615. The van der Waals surface area contributed by atoms with Crippen LogP contribution in [0.1, 0.15) is 44.2 Å². The summed E-state index contributed by atoms with van der Waals surface area (Å²) in [6, 6.07) is 0.343. The lowest BCUT2D eigenvalue weighted by Gasteiger charge is -2.21. The van der Waals surface area contributed by atoms with Crippen molar-refractivity contribution in [2.45, 2.75) is 39.7 Å². The number of carboxylic acids is 1. The molecule has 1 atom stereocenters. The Morgan fingerprint density at radius 1 is 1.50 bits per heavy atom. The third kappa shape index (κ3) is 4.91. The monoisotopic (exact) mass is 284 g/mol. The van der Waals surface area contributed by atoms with E-state index in [0.717, 1.165) is 0 Å². The van der Waals surface area contributed by atoms with E-state index in [1.54, 1.807) is 0 Å². The zero-order valence-corrected chi connectivity index (χ0v) is 12.1. The predicted octanol–water partition coefficient (Wildman–Crippen LogP) is 1.69. The number of nitrogens with zero attached hydrogens (tertiary/aromatic N) is 1. The molecule has 2 N–H and O–H groups in total. The molecular weight excluding hydrogens is 264 g/mol. The molecule has 0 aliphatic carbocycles. The van der Waals surface area contributed by atoms with E-state index in [0.29, 0.717) is 12.8 Å². The summed E-state index contributed by atoms with van der Waals surface area (Å²) in [5, 5.41) is 15.0. The Morgan fingerprint density at radius 3 is 2.60 bits per heavy atom. The van der Waals surface area contributed by atoms with Crippen molar-refractivity contribution in [3.63, 3.8) is 0 Å². The van der Waals surface area contributed by atoms with Crippen molar-refractivity contribution in [1.82, 2.24) is 10.5 Å². The smallest absolute Gasteiger partial charge is 0.326 e. The fourth-order valence-electron chi connectivity index (χ4n) is 1.53. The summed E-state index contributed by atoms with van der Waals surface area (Å²) < 4.78 is 9.55. The van der Waals surface area contributed by atoms with Crippen LogP contribution in [0.3, 0.4) is 0 Å². The third-order valence-electron chi connectivity index (χ3n) is 2.71. The fourth-order valence-corrected chi connectivity index (χ4v) is 1.53. The molecule has 0 bridgehead atoms. The van der Waals surface area contributed by atoms with Gasteiger partial charge in [0.15, 0.2) is 0 Å². The number of carbonyl (C=O) groups is 2. The van der Waals surface area contributed by atoms with E-state index >= 15 is 0 Å². The quantitative estimate of drug-likeness (QED) is 0.824. The Kier molecular flexibility index (Phi) is 5.12. The molecule has 1 heterocycles. The molecule has 7 heteroatoms. The summed E-state index contributed by atoms with van der Waals surface area (Å²) in [6.45, 7) is 6.03. The third-order valence-corrected chi connectivity index (χ3v) is 2.71. The first-order valence-electron chi connectivity index (χ1n) is 6.27. The first kappa shape index (κ1) is 16.0. The van der Waals surface area contributed by atoms with Crippen LogP contribution < -0.4 is 10.1 Å². The van der Waals surface area contributed by atoms with E-state index in [2.05, 4.69) is 10.5 Å². The molecule has 0 aromatic carbocycles. The Bertz CT molecular complexity index is 475. The molecule has 1 amide bonds. The van der Waals surface area contributed by atoms with E-state index in [1.165, 1.54) is 13.2 Å². The van der Waals surface area contributed by atoms with Gasteiger partial charge in [-0.1, -0.05) is 20.8 Å². The van der Waals surface area contributed by atoms with Crippen LogP contribution in [0.25, 0.3) is 0 Å². The van der Waals surface area contributed by atoms with E-state index in [4.69, 9.17) is 14.4 Å². The van der Waals surface area contributed by atoms with Crippen molar-refractivity contribution < 1.29 is 24.0 Å². The van der Waals surface area contributed by atoms with Gasteiger partial charge in [-0.15, -0.1) is 0 Å². The largest absolute Gasteiger partial charge is 0.480 e. The SMILES string of the molecule is COc1cc(C(=O)NC(CCC(C)(C)C)C(=O)O)on1. The van der Waals surface area contributed by atoms with Crippen LogP contribution in [0.2, 0.25) is 0 Å². The molecule has 1 aromatic rings. The molecule has 1 rings (SSSR count). The number of ether oxygens (including phenoxy) is 1. The van der Waals surface area contributed by atoms with Gasteiger partial charge in [0, 0.05) is 0 Å². The molecule has 0 spiro atoms. The van der Waals surface area contributed by atoms with E-state index in [9.17, 15) is 9.59 Å². The lowest BCUT2D eigenvalue weighted by atomic mass is 9.88. The topological polar surface area (TPSA) is 102 Å². The van der Waals surface area contributed by atoms with Crippen LogP contribution in [0.15, 0.2) is 10.6 Å². The minimum absolute atomic E-state index is 0.00607. The second-order valence-electron chi connectivity index (χ2n) is 5.70. The number of aromatic nitrogens is 1. The Balaban J connectivity index is 2.65. The van der Waals surface area contributed by atoms with Gasteiger partial charge in [0.2, 0.25) is 5.76 Å². The van der Waals surface area contributed by atoms with Crippen LogP contribution in [0, 0.1) is 5.41 Å². The summed E-state index contributed by atoms with van der Waals surface area (Å²) in [7, 11) is 1.39. The number of carboxylic acid groups (broad SMARTS) is 1. The molecule has 20 heavy (non-hydrogen) atoms. The molecule has 0 aliphatic heterocycles. The van der Waals surface area contributed by atoms with Gasteiger partial charge in [0.05, 0.1) is 13.2 Å². The summed E-state index contributed by atoms with van der Waals surface area (Å²) in [4.78, 5) is 23.0. The van der Waals surface area contributed by atoms with Crippen LogP contribution in [-0.4, -0.2) is 35.3 Å². The van der Waals surface area contributed by atoms with Crippen molar-refractivity contribution >= 4 is 11.9 Å². The van der Waals surface area contributed by atoms with Gasteiger partial charge in [0.1, 0.15) is 6.04 Å². The average molecular weight is 284 g/mol. The maximum atomic E-state index is 11.8. The van der Waals surface area contributed by atoms with Crippen molar-refractivity contribution in [3.05, 3.63) is 11.8 Å². The highest BCUT2D eigenvalue weighted by atomic mass is 16.5. The maximum absolute atomic E-state index is 11.8. The lowest BCUT2D eigenvalue weighted by Crippen LogP contribution is -2.41. The molecule has 0 aliphatic rings. The second kappa shape index (κ2) is 6.40.